The topological polar surface area (TPSA) is 51.1 Å². The maximum Gasteiger partial charge on any atom is 0.163 e. The average molecular weight is 368 g/mol. The Morgan fingerprint density at radius 1 is 0.893 bits per heavy atom. The highest BCUT2D eigenvalue weighted by molar-refractivity contribution is 5.91. The summed E-state index contributed by atoms with van der Waals surface area (Å²) in [7, 11) is 0. The van der Waals surface area contributed by atoms with Gasteiger partial charge in [0.25, 0.3) is 0 Å². The van der Waals surface area contributed by atoms with Gasteiger partial charge in [-0.2, -0.15) is 0 Å². The van der Waals surface area contributed by atoms with Crippen molar-refractivity contribution in [3.63, 3.8) is 0 Å². The highest BCUT2D eigenvalue weighted by Gasteiger charge is 2.27. The first-order valence-electron chi connectivity index (χ1n) is 9.51. The number of aromatic nitrogens is 3. The molecule has 0 bridgehead atoms. The molecule has 0 N–H and O–H groups in total. The largest absolute Gasteiger partial charge is 0.489 e. The molecule has 0 unspecified atom stereocenters. The van der Waals surface area contributed by atoms with Crippen LogP contribution in [0.1, 0.15) is 6.42 Å². The maximum atomic E-state index is 6.16. The molecule has 5 nitrogen and oxygen atoms in total. The van der Waals surface area contributed by atoms with E-state index in [0.717, 1.165) is 47.5 Å². The summed E-state index contributed by atoms with van der Waals surface area (Å²) in [4.78, 5) is 16.2. The molecule has 0 spiro atoms. The van der Waals surface area contributed by atoms with Crippen molar-refractivity contribution in [1.29, 1.82) is 0 Å². The van der Waals surface area contributed by atoms with Crippen molar-refractivity contribution in [1.82, 2.24) is 15.0 Å². The van der Waals surface area contributed by atoms with Gasteiger partial charge in [0.05, 0.1) is 12.1 Å². The zero-order chi connectivity index (χ0) is 18.8. The van der Waals surface area contributed by atoms with Crippen LogP contribution in [0, 0.1) is 0 Å². The van der Waals surface area contributed by atoms with E-state index in [9.17, 15) is 0 Å². The third kappa shape index (κ3) is 3.27. The fourth-order valence-corrected chi connectivity index (χ4v) is 3.63. The van der Waals surface area contributed by atoms with Crippen LogP contribution < -0.4 is 9.64 Å². The summed E-state index contributed by atoms with van der Waals surface area (Å²) in [6.07, 6.45) is 4.68. The second kappa shape index (κ2) is 7.27. The standard InChI is InChI=1S/C23H20N4O/c1-2-8-18(9-3-1)28-19-12-14-27(16-19)23-20-10-4-5-11-21(20)25-22(26-23)17-7-6-13-24-15-17/h1-11,13,15,19H,12,14,16H2/t19-/m0/s1. The molecular formula is C23H20N4O. The normalized spacial score (nSPS) is 16.4. The first-order chi connectivity index (χ1) is 13.9. The fraction of sp³-hybridized carbons (Fsp3) is 0.174. The average Bonchev–Trinajstić information content (AvgIpc) is 3.22. The van der Waals surface area contributed by atoms with Gasteiger partial charge in [0, 0.05) is 36.3 Å². The van der Waals surface area contributed by atoms with Gasteiger partial charge in [-0.15, -0.1) is 0 Å². The molecule has 3 heterocycles. The Morgan fingerprint density at radius 3 is 2.61 bits per heavy atom. The number of rotatable bonds is 4. The summed E-state index contributed by atoms with van der Waals surface area (Å²) in [6.45, 7) is 1.72. The molecular weight excluding hydrogens is 348 g/mol. The number of nitrogens with zero attached hydrogens (tertiary/aromatic N) is 4. The molecule has 2 aromatic heterocycles. The van der Waals surface area contributed by atoms with Crippen molar-refractivity contribution in [2.75, 3.05) is 18.0 Å². The van der Waals surface area contributed by atoms with E-state index < -0.39 is 0 Å². The number of para-hydroxylation sites is 2. The Kier molecular flexibility index (Phi) is 4.33. The van der Waals surface area contributed by atoms with Crippen LogP contribution >= 0.6 is 0 Å². The Hall–Kier alpha value is -3.47. The Balaban J connectivity index is 1.48. The molecule has 1 atom stereocenters. The lowest BCUT2D eigenvalue weighted by Gasteiger charge is -2.20. The van der Waals surface area contributed by atoms with E-state index in [0.29, 0.717) is 5.82 Å². The van der Waals surface area contributed by atoms with Crippen molar-refractivity contribution in [2.24, 2.45) is 0 Å². The summed E-state index contributed by atoms with van der Waals surface area (Å²) >= 11 is 0. The minimum absolute atomic E-state index is 0.151. The molecule has 4 aromatic rings. The van der Waals surface area contributed by atoms with E-state index in [1.807, 2.05) is 60.7 Å². The van der Waals surface area contributed by atoms with E-state index in [4.69, 9.17) is 14.7 Å². The van der Waals surface area contributed by atoms with Crippen molar-refractivity contribution in [3.05, 3.63) is 79.1 Å². The smallest absolute Gasteiger partial charge is 0.163 e. The first-order valence-corrected chi connectivity index (χ1v) is 9.51. The lowest BCUT2D eigenvalue weighted by atomic mass is 10.2. The molecule has 1 saturated heterocycles. The van der Waals surface area contributed by atoms with E-state index in [1.165, 1.54) is 0 Å². The van der Waals surface area contributed by atoms with Gasteiger partial charge in [-0.25, -0.2) is 9.97 Å². The number of ether oxygens (including phenoxy) is 1. The first kappa shape index (κ1) is 16.7. The third-order valence-corrected chi connectivity index (χ3v) is 4.99. The van der Waals surface area contributed by atoms with Gasteiger partial charge in [0.1, 0.15) is 17.7 Å². The molecule has 138 valence electrons. The van der Waals surface area contributed by atoms with Crippen molar-refractivity contribution in [3.8, 4) is 17.1 Å². The monoisotopic (exact) mass is 368 g/mol. The molecule has 1 fully saturated rings. The molecule has 0 saturated carbocycles. The molecule has 1 aliphatic heterocycles. The van der Waals surface area contributed by atoms with Gasteiger partial charge in [0.2, 0.25) is 0 Å². The molecule has 5 rings (SSSR count). The van der Waals surface area contributed by atoms with E-state index in [2.05, 4.69) is 16.0 Å². The molecule has 5 heteroatoms. The molecule has 1 aliphatic rings. The lowest BCUT2D eigenvalue weighted by molar-refractivity contribution is 0.225. The molecule has 2 aromatic carbocycles. The quantitative estimate of drug-likeness (QED) is 0.536. The van der Waals surface area contributed by atoms with Crippen LogP contribution in [-0.4, -0.2) is 34.1 Å². The second-order valence-electron chi connectivity index (χ2n) is 6.92. The van der Waals surface area contributed by atoms with Gasteiger partial charge in [0.15, 0.2) is 5.82 Å². The molecule has 0 aliphatic carbocycles. The summed E-state index contributed by atoms with van der Waals surface area (Å²) in [5, 5.41) is 1.07. The van der Waals surface area contributed by atoms with Crippen LogP contribution in [0.2, 0.25) is 0 Å². The summed E-state index contributed by atoms with van der Waals surface area (Å²) in [6, 6.07) is 22.1. The number of benzene rings is 2. The van der Waals surface area contributed by atoms with Gasteiger partial charge >= 0.3 is 0 Å². The second-order valence-corrected chi connectivity index (χ2v) is 6.92. The molecule has 28 heavy (non-hydrogen) atoms. The summed E-state index contributed by atoms with van der Waals surface area (Å²) in [5.41, 5.74) is 1.87. The van der Waals surface area contributed by atoms with Crippen LogP contribution in [0.15, 0.2) is 79.1 Å². The van der Waals surface area contributed by atoms with Crippen LogP contribution in [0.25, 0.3) is 22.3 Å². The van der Waals surface area contributed by atoms with E-state index >= 15 is 0 Å². The minimum Gasteiger partial charge on any atom is -0.489 e. The number of hydrogen-bond acceptors (Lipinski definition) is 5. The summed E-state index contributed by atoms with van der Waals surface area (Å²) < 4.78 is 6.16. The number of hydrogen-bond donors (Lipinski definition) is 0. The lowest BCUT2D eigenvalue weighted by Crippen LogP contribution is -2.25. The predicted molar refractivity (Wildman–Crippen MR) is 110 cm³/mol. The van der Waals surface area contributed by atoms with Gasteiger partial charge in [-0.05, 0) is 36.4 Å². The van der Waals surface area contributed by atoms with Crippen molar-refractivity contribution in [2.45, 2.75) is 12.5 Å². The van der Waals surface area contributed by atoms with Crippen LogP contribution in [0.5, 0.6) is 5.75 Å². The van der Waals surface area contributed by atoms with Crippen LogP contribution in [0.4, 0.5) is 5.82 Å². The fourth-order valence-electron chi connectivity index (χ4n) is 3.63. The third-order valence-electron chi connectivity index (χ3n) is 4.99. The van der Waals surface area contributed by atoms with Gasteiger partial charge < -0.3 is 9.64 Å². The van der Waals surface area contributed by atoms with Crippen LogP contribution in [-0.2, 0) is 0 Å². The molecule has 0 radical (unpaired) electrons. The predicted octanol–water partition coefficient (Wildman–Crippen LogP) is 4.35. The maximum absolute atomic E-state index is 6.16. The number of anilines is 1. The summed E-state index contributed by atoms with van der Waals surface area (Å²) in [5.74, 6) is 2.58. The van der Waals surface area contributed by atoms with Gasteiger partial charge in [-0.1, -0.05) is 30.3 Å². The van der Waals surface area contributed by atoms with Gasteiger partial charge in [-0.3, -0.25) is 4.98 Å². The highest BCUT2D eigenvalue weighted by atomic mass is 16.5. The molecule has 0 amide bonds. The number of pyridine rings is 1. The number of fused-ring (bicyclic) bond motifs is 1. The SMILES string of the molecule is c1ccc(O[C@H]2CCN(c3nc(-c4cccnc4)nc4ccccc34)C2)cc1. The Bertz CT molecular complexity index is 1090. The Labute approximate surface area is 163 Å². The Morgan fingerprint density at radius 2 is 1.75 bits per heavy atom. The van der Waals surface area contributed by atoms with Crippen LogP contribution in [0.3, 0.4) is 0 Å². The zero-order valence-electron chi connectivity index (χ0n) is 15.4. The highest BCUT2D eigenvalue weighted by Crippen LogP contribution is 2.30. The zero-order valence-corrected chi connectivity index (χ0v) is 15.4. The van der Waals surface area contributed by atoms with E-state index in [-0.39, 0.29) is 6.10 Å². The van der Waals surface area contributed by atoms with Crippen molar-refractivity contribution < 1.29 is 4.74 Å². The minimum atomic E-state index is 0.151. The van der Waals surface area contributed by atoms with E-state index in [1.54, 1.807) is 12.4 Å². The van der Waals surface area contributed by atoms with Crippen molar-refractivity contribution >= 4 is 16.7 Å².